The lowest BCUT2D eigenvalue weighted by Gasteiger charge is -2.35. The number of amides is 5. The molecule has 4 fully saturated rings. The molecule has 7 rings (SSSR count). The molecule has 1 unspecified atom stereocenters. The zero-order valence-corrected chi connectivity index (χ0v) is 44.7. The molecule has 1 saturated carbocycles. The van der Waals surface area contributed by atoms with Crippen LogP contribution in [-0.2, 0) is 51.4 Å². The van der Waals surface area contributed by atoms with Crippen LogP contribution in [0.25, 0.3) is 0 Å². The first-order valence-electron chi connectivity index (χ1n) is 25.5. The molecule has 4 aliphatic rings. The fraction of sp³-hybridized carbons (Fsp3) is 0.623. The van der Waals surface area contributed by atoms with Gasteiger partial charge in [-0.15, -0.1) is 16.9 Å². The summed E-state index contributed by atoms with van der Waals surface area (Å²) in [4.78, 5) is 84.8. The van der Waals surface area contributed by atoms with Crippen molar-refractivity contribution in [3.8, 4) is 0 Å². The largest absolute Gasteiger partial charge is 0.377 e. The fourth-order valence-corrected chi connectivity index (χ4v) is 13.9. The molecule has 392 valence electrons. The highest BCUT2D eigenvalue weighted by molar-refractivity contribution is 8.00. The van der Waals surface area contributed by atoms with Gasteiger partial charge in [0.2, 0.25) is 29.5 Å². The summed E-state index contributed by atoms with van der Waals surface area (Å²) in [7, 11) is 1.70. The molecule has 1 aromatic heterocycles. The van der Waals surface area contributed by atoms with E-state index in [1.54, 1.807) is 53.3 Å². The lowest BCUT2D eigenvalue weighted by molar-refractivity contribution is -0.144. The van der Waals surface area contributed by atoms with E-state index in [2.05, 4.69) is 50.7 Å². The molecular weight excluding hydrogens is 955 g/mol. The summed E-state index contributed by atoms with van der Waals surface area (Å²) >= 11 is 3.39. The van der Waals surface area contributed by atoms with Crippen LogP contribution in [0.4, 0.5) is 0 Å². The summed E-state index contributed by atoms with van der Waals surface area (Å²) in [5.41, 5.74) is 1.33. The average Bonchev–Trinajstić information content (AvgIpc) is 3.95. The van der Waals surface area contributed by atoms with Gasteiger partial charge in [-0.3, -0.25) is 28.8 Å². The minimum atomic E-state index is -0.753. The number of fused-ring (bicyclic) bond motifs is 2. The van der Waals surface area contributed by atoms with Gasteiger partial charge >= 0.3 is 0 Å². The molecule has 3 aromatic rings. The first-order valence-corrected chi connectivity index (χ1v) is 27.6. The molecular formula is C53H75N9O8S2. The van der Waals surface area contributed by atoms with E-state index in [9.17, 15) is 28.8 Å². The van der Waals surface area contributed by atoms with Crippen molar-refractivity contribution in [1.82, 2.24) is 46.5 Å². The number of ether oxygens (including phenoxy) is 2. The Bertz CT molecular complexity index is 2350. The molecule has 72 heavy (non-hydrogen) atoms. The first kappa shape index (κ1) is 54.9. The van der Waals surface area contributed by atoms with E-state index < -0.39 is 58.9 Å². The summed E-state index contributed by atoms with van der Waals surface area (Å²) in [6.45, 7) is 14.8. The Morgan fingerprint density at radius 1 is 0.792 bits per heavy atom. The molecule has 0 spiro atoms. The Labute approximate surface area is 433 Å². The van der Waals surface area contributed by atoms with Crippen LogP contribution in [0, 0.1) is 28.6 Å². The molecule has 0 radical (unpaired) electrons. The van der Waals surface area contributed by atoms with Crippen LogP contribution in [0.2, 0.25) is 0 Å². The Morgan fingerprint density at radius 2 is 1.40 bits per heavy atom. The molecule has 1 aliphatic carbocycles. The van der Waals surface area contributed by atoms with Gasteiger partial charge in [0, 0.05) is 17.1 Å². The molecule has 19 heteroatoms. The number of hydrogen-bond donors (Lipinski definition) is 5. The number of carbonyl (C=O) groups excluding carboxylic acids is 6. The second kappa shape index (κ2) is 24.5. The Morgan fingerprint density at radius 3 is 2.06 bits per heavy atom. The van der Waals surface area contributed by atoms with Crippen molar-refractivity contribution in [3.63, 3.8) is 0 Å². The predicted octanol–water partition coefficient (Wildman–Crippen LogP) is 4.98. The van der Waals surface area contributed by atoms with Crippen LogP contribution in [-0.4, -0.2) is 128 Å². The molecule has 4 heterocycles. The summed E-state index contributed by atoms with van der Waals surface area (Å²) in [5.74, 6) is -1.10. The standard InChI is InChI=1S/C53H75N9O8S2/c1-9-32(2)47(64)56-38-21-25-72-42-27-53(6,7)46(62(42)51(38)68)50(67)58-40(35-18-14-11-15-19-35)31-70-29-36-28-61(60-59-36)22-23-69-30-39(34-16-12-10-13-17-34)57-49(66)44-43-41(26-52(44,4)5)71-24-20-37(45(43)63)55-48(65)33(3)54-8/h10-19,28,32-33,37-44,46,54H,9,20-27,29-31H2,1-8H3,(H,55,65)(H,56,64)(H,57,66)(H,58,67)/t32-,33+,37+,38+,39-,40-,41+,42+,43?,44-,46-/m1/s1. The van der Waals surface area contributed by atoms with Crippen LogP contribution in [0.3, 0.4) is 0 Å². The SMILES string of the molecule is CC[C@@H](C)C(=O)N[C@H]1CCS[C@H]2CC(C)(C)[C@@H](C(=O)N[C@H](COCc3cn(CCOC[C@@H](NC(=O)[C@H]4C5C(=O)[C@@H](NC(=O)[C@H](C)NC)CCS[C@H]5CC4(C)C)c4ccccc4)nn3)c3ccccc3)N2C1=O. The van der Waals surface area contributed by atoms with Gasteiger partial charge in [0.25, 0.3) is 0 Å². The van der Waals surface area contributed by atoms with Crippen molar-refractivity contribution in [2.24, 2.45) is 28.6 Å². The van der Waals surface area contributed by atoms with Crippen LogP contribution in [0.1, 0.15) is 109 Å². The molecule has 5 N–H and O–H groups in total. The average molecular weight is 1030 g/mol. The molecule has 3 aliphatic heterocycles. The third-order valence-corrected chi connectivity index (χ3v) is 17.6. The number of nitrogens with one attached hydrogen (secondary N) is 5. The number of nitrogens with zero attached hydrogens (tertiary/aromatic N) is 4. The van der Waals surface area contributed by atoms with Crippen LogP contribution in [0.15, 0.2) is 66.9 Å². The van der Waals surface area contributed by atoms with Crippen molar-refractivity contribution in [2.75, 3.05) is 38.4 Å². The molecule has 17 nitrogen and oxygen atoms in total. The lowest BCUT2D eigenvalue weighted by atomic mass is 9.75. The van der Waals surface area contributed by atoms with Gasteiger partial charge in [-0.25, -0.2) is 4.68 Å². The van der Waals surface area contributed by atoms with Gasteiger partial charge in [0.15, 0.2) is 5.78 Å². The lowest BCUT2D eigenvalue weighted by Crippen LogP contribution is -2.57. The topological polar surface area (TPSA) is 215 Å². The van der Waals surface area contributed by atoms with Gasteiger partial charge in [-0.1, -0.05) is 107 Å². The van der Waals surface area contributed by atoms with E-state index in [1.807, 2.05) is 88.4 Å². The molecule has 5 amide bonds. The van der Waals surface area contributed by atoms with E-state index in [1.165, 1.54) is 0 Å². The highest BCUT2D eigenvalue weighted by Crippen LogP contribution is 2.53. The molecule has 2 aromatic carbocycles. The van der Waals surface area contributed by atoms with Crippen LogP contribution < -0.4 is 26.6 Å². The maximum atomic E-state index is 14.5. The van der Waals surface area contributed by atoms with Gasteiger partial charge in [-0.05, 0) is 79.5 Å². The van der Waals surface area contributed by atoms with Gasteiger partial charge in [-0.2, -0.15) is 11.8 Å². The minimum absolute atomic E-state index is 0.0251. The van der Waals surface area contributed by atoms with E-state index in [0.29, 0.717) is 50.1 Å². The number of ketones is 1. The number of benzene rings is 2. The van der Waals surface area contributed by atoms with Gasteiger partial charge < -0.3 is 41.0 Å². The Kier molecular flexibility index (Phi) is 18.7. The smallest absolute Gasteiger partial charge is 0.246 e. The van der Waals surface area contributed by atoms with Gasteiger partial charge in [0.1, 0.15) is 17.8 Å². The summed E-state index contributed by atoms with van der Waals surface area (Å²) < 4.78 is 14.1. The molecule has 0 bridgehead atoms. The zero-order chi connectivity index (χ0) is 51.7. The van der Waals surface area contributed by atoms with E-state index >= 15 is 0 Å². The van der Waals surface area contributed by atoms with E-state index in [0.717, 1.165) is 16.9 Å². The number of carbonyl (C=O) groups is 6. The number of hydrogen-bond acceptors (Lipinski definition) is 13. The quantitative estimate of drug-likeness (QED) is 0.0893. The second-order valence-electron chi connectivity index (χ2n) is 21.2. The summed E-state index contributed by atoms with van der Waals surface area (Å²) in [6, 6.07) is 15.7. The number of Topliss-reactive ketones (excluding diaryl/α,β-unsaturated/α-hetero) is 1. The Hall–Kier alpha value is -4.82. The fourth-order valence-electron chi connectivity index (χ4n) is 10.6. The minimum Gasteiger partial charge on any atom is -0.377 e. The van der Waals surface area contributed by atoms with Crippen molar-refractivity contribution in [2.45, 2.75) is 141 Å². The second-order valence-corrected chi connectivity index (χ2v) is 23.8. The summed E-state index contributed by atoms with van der Waals surface area (Å²) in [6.07, 6.45) is 4.84. The van der Waals surface area contributed by atoms with Crippen LogP contribution in [0.5, 0.6) is 0 Å². The normalized spacial score (nSPS) is 26.2. The zero-order valence-electron chi connectivity index (χ0n) is 43.1. The number of thioether (sulfide) groups is 2. The monoisotopic (exact) mass is 1030 g/mol. The predicted molar refractivity (Wildman–Crippen MR) is 278 cm³/mol. The highest BCUT2D eigenvalue weighted by atomic mass is 32.2. The van der Waals surface area contributed by atoms with E-state index in [4.69, 9.17) is 9.47 Å². The van der Waals surface area contributed by atoms with Crippen molar-refractivity contribution >= 4 is 58.8 Å². The van der Waals surface area contributed by atoms with Crippen molar-refractivity contribution in [3.05, 3.63) is 83.7 Å². The van der Waals surface area contributed by atoms with Crippen LogP contribution >= 0.6 is 23.5 Å². The van der Waals surface area contributed by atoms with Crippen molar-refractivity contribution < 1.29 is 38.2 Å². The number of aromatic nitrogens is 3. The van der Waals surface area contributed by atoms with E-state index in [-0.39, 0.29) is 78.3 Å². The maximum Gasteiger partial charge on any atom is 0.246 e. The third-order valence-electron chi connectivity index (χ3n) is 15.0. The number of likely N-dealkylation sites (N-methyl/N-ethyl adjacent to an activating group) is 1. The maximum absolute atomic E-state index is 14.5. The third kappa shape index (κ3) is 13.1. The molecule has 3 saturated heterocycles. The van der Waals surface area contributed by atoms with Crippen molar-refractivity contribution in [1.29, 1.82) is 0 Å². The summed E-state index contributed by atoms with van der Waals surface area (Å²) in [5, 5.41) is 23.8. The first-order chi connectivity index (χ1) is 34.4. The Balaban J connectivity index is 0.944. The highest BCUT2D eigenvalue weighted by Gasteiger charge is 2.57. The number of rotatable bonds is 21. The van der Waals surface area contributed by atoms with Gasteiger partial charge in [0.05, 0.1) is 74.6 Å². The molecule has 11 atom stereocenters.